The number of anilines is 1. The SMILES string of the molecule is CCCc1nsc(NC2CCCCC2CN)n1. The Labute approximate surface area is 107 Å². The van der Waals surface area contributed by atoms with E-state index < -0.39 is 0 Å². The minimum absolute atomic E-state index is 0.496. The van der Waals surface area contributed by atoms with Crippen molar-refractivity contribution in [3.05, 3.63) is 5.82 Å². The van der Waals surface area contributed by atoms with Crippen LogP contribution in [0.2, 0.25) is 0 Å². The Morgan fingerprint density at radius 2 is 2.24 bits per heavy atom. The molecule has 0 bridgehead atoms. The highest BCUT2D eigenvalue weighted by Crippen LogP contribution is 2.27. The summed E-state index contributed by atoms with van der Waals surface area (Å²) in [5.41, 5.74) is 5.83. The average Bonchev–Trinajstić information content (AvgIpc) is 2.78. The summed E-state index contributed by atoms with van der Waals surface area (Å²) >= 11 is 1.48. The maximum atomic E-state index is 5.83. The number of aromatic nitrogens is 2. The molecule has 1 aliphatic rings. The monoisotopic (exact) mass is 254 g/mol. The molecule has 0 radical (unpaired) electrons. The van der Waals surface area contributed by atoms with E-state index in [9.17, 15) is 0 Å². The van der Waals surface area contributed by atoms with Crippen LogP contribution in [0.15, 0.2) is 0 Å². The van der Waals surface area contributed by atoms with Crippen LogP contribution >= 0.6 is 11.5 Å². The van der Waals surface area contributed by atoms with E-state index in [1.807, 2.05) is 0 Å². The van der Waals surface area contributed by atoms with Crippen molar-refractivity contribution in [2.45, 2.75) is 51.5 Å². The molecule has 0 aliphatic heterocycles. The van der Waals surface area contributed by atoms with Gasteiger partial charge in [0.05, 0.1) is 0 Å². The zero-order valence-electron chi connectivity index (χ0n) is 10.5. The third kappa shape index (κ3) is 3.39. The van der Waals surface area contributed by atoms with Gasteiger partial charge in [-0.15, -0.1) is 0 Å². The van der Waals surface area contributed by atoms with E-state index in [-0.39, 0.29) is 0 Å². The van der Waals surface area contributed by atoms with Crippen molar-refractivity contribution in [3.8, 4) is 0 Å². The molecule has 96 valence electrons. The molecule has 2 atom stereocenters. The summed E-state index contributed by atoms with van der Waals surface area (Å²) in [5.74, 6) is 1.57. The number of aryl methyl sites for hydroxylation is 1. The van der Waals surface area contributed by atoms with Gasteiger partial charge in [-0.2, -0.15) is 4.37 Å². The quantitative estimate of drug-likeness (QED) is 0.847. The molecular weight excluding hydrogens is 232 g/mol. The van der Waals surface area contributed by atoms with Gasteiger partial charge in [-0.3, -0.25) is 0 Å². The minimum Gasteiger partial charge on any atom is -0.357 e. The predicted molar refractivity (Wildman–Crippen MR) is 72.3 cm³/mol. The summed E-state index contributed by atoms with van der Waals surface area (Å²) in [6, 6.07) is 0.496. The smallest absolute Gasteiger partial charge is 0.202 e. The van der Waals surface area contributed by atoms with E-state index in [0.29, 0.717) is 12.0 Å². The molecule has 1 fully saturated rings. The van der Waals surface area contributed by atoms with Crippen LogP contribution in [0.3, 0.4) is 0 Å². The standard InChI is InChI=1S/C12H22N4S/c1-2-5-11-15-12(17-16-11)14-10-7-4-3-6-9(10)8-13/h9-10H,2-8,13H2,1H3,(H,14,15,16). The third-order valence-corrected chi connectivity index (χ3v) is 4.15. The van der Waals surface area contributed by atoms with Crippen LogP contribution in [0.5, 0.6) is 0 Å². The maximum Gasteiger partial charge on any atom is 0.202 e. The molecule has 3 N–H and O–H groups in total. The molecule has 1 aromatic heterocycles. The van der Waals surface area contributed by atoms with Gasteiger partial charge in [0, 0.05) is 24.0 Å². The number of nitrogens with one attached hydrogen (secondary N) is 1. The van der Waals surface area contributed by atoms with Crippen LogP contribution < -0.4 is 11.1 Å². The Hall–Kier alpha value is -0.680. The summed E-state index contributed by atoms with van der Waals surface area (Å²) in [4.78, 5) is 4.52. The second kappa shape index (κ2) is 6.31. The number of nitrogens with two attached hydrogens (primary N) is 1. The number of hydrogen-bond acceptors (Lipinski definition) is 5. The van der Waals surface area contributed by atoms with E-state index in [1.54, 1.807) is 0 Å². The molecule has 1 saturated carbocycles. The van der Waals surface area contributed by atoms with Crippen molar-refractivity contribution in [1.29, 1.82) is 0 Å². The lowest BCUT2D eigenvalue weighted by atomic mass is 9.85. The summed E-state index contributed by atoms with van der Waals surface area (Å²) < 4.78 is 4.36. The van der Waals surface area contributed by atoms with Crippen molar-refractivity contribution < 1.29 is 0 Å². The highest BCUT2D eigenvalue weighted by Gasteiger charge is 2.24. The lowest BCUT2D eigenvalue weighted by Gasteiger charge is -2.30. The summed E-state index contributed by atoms with van der Waals surface area (Å²) in [6.07, 6.45) is 7.15. The first kappa shape index (κ1) is 12.8. The normalized spacial score (nSPS) is 24.8. The van der Waals surface area contributed by atoms with Crippen LogP contribution in [0.1, 0.15) is 44.9 Å². The van der Waals surface area contributed by atoms with Crippen LogP contribution in [0.25, 0.3) is 0 Å². The van der Waals surface area contributed by atoms with Gasteiger partial charge in [0.25, 0.3) is 0 Å². The zero-order chi connectivity index (χ0) is 12.1. The molecule has 1 aromatic rings. The van der Waals surface area contributed by atoms with E-state index in [1.165, 1.54) is 37.2 Å². The van der Waals surface area contributed by atoms with Crippen molar-refractivity contribution in [2.24, 2.45) is 11.7 Å². The summed E-state index contributed by atoms with van der Waals surface area (Å²) in [5, 5.41) is 4.50. The Balaban J connectivity index is 1.93. The van der Waals surface area contributed by atoms with Crippen LogP contribution in [-0.2, 0) is 6.42 Å². The largest absolute Gasteiger partial charge is 0.357 e. The van der Waals surface area contributed by atoms with E-state index >= 15 is 0 Å². The van der Waals surface area contributed by atoms with E-state index in [2.05, 4.69) is 21.6 Å². The molecule has 2 rings (SSSR count). The van der Waals surface area contributed by atoms with Crippen molar-refractivity contribution in [3.63, 3.8) is 0 Å². The molecule has 0 aromatic carbocycles. The fraction of sp³-hybridized carbons (Fsp3) is 0.833. The highest BCUT2D eigenvalue weighted by molar-refractivity contribution is 7.09. The van der Waals surface area contributed by atoms with Gasteiger partial charge < -0.3 is 11.1 Å². The Bertz CT molecular complexity index is 339. The Kier molecular flexibility index (Phi) is 4.74. The van der Waals surface area contributed by atoms with Gasteiger partial charge in [-0.05, 0) is 31.7 Å². The predicted octanol–water partition coefficient (Wildman–Crippen LogP) is 2.42. The minimum atomic E-state index is 0.496. The van der Waals surface area contributed by atoms with Crippen LogP contribution in [-0.4, -0.2) is 21.9 Å². The van der Waals surface area contributed by atoms with Crippen LogP contribution in [0, 0.1) is 5.92 Å². The lowest BCUT2D eigenvalue weighted by molar-refractivity contribution is 0.332. The molecular formula is C12H22N4S. The maximum absolute atomic E-state index is 5.83. The topological polar surface area (TPSA) is 63.8 Å². The van der Waals surface area contributed by atoms with Gasteiger partial charge in [0.2, 0.25) is 5.13 Å². The zero-order valence-corrected chi connectivity index (χ0v) is 11.3. The fourth-order valence-electron chi connectivity index (χ4n) is 2.48. The lowest BCUT2D eigenvalue weighted by Crippen LogP contribution is -2.36. The first-order valence-corrected chi connectivity index (χ1v) is 7.40. The summed E-state index contributed by atoms with van der Waals surface area (Å²) in [7, 11) is 0. The molecule has 2 unspecified atom stereocenters. The summed E-state index contributed by atoms with van der Waals surface area (Å²) in [6.45, 7) is 2.93. The molecule has 1 heterocycles. The Morgan fingerprint density at radius 3 is 3.00 bits per heavy atom. The van der Waals surface area contributed by atoms with Crippen molar-refractivity contribution in [2.75, 3.05) is 11.9 Å². The average molecular weight is 254 g/mol. The van der Waals surface area contributed by atoms with E-state index in [0.717, 1.165) is 30.3 Å². The number of hydrogen-bond donors (Lipinski definition) is 2. The molecule has 1 aliphatic carbocycles. The van der Waals surface area contributed by atoms with Gasteiger partial charge in [0.1, 0.15) is 5.82 Å². The fourth-order valence-corrected chi connectivity index (χ4v) is 3.15. The molecule has 0 saturated heterocycles. The van der Waals surface area contributed by atoms with E-state index in [4.69, 9.17) is 5.73 Å². The van der Waals surface area contributed by atoms with Crippen LogP contribution in [0.4, 0.5) is 5.13 Å². The van der Waals surface area contributed by atoms with Gasteiger partial charge in [-0.25, -0.2) is 4.98 Å². The third-order valence-electron chi connectivity index (χ3n) is 3.46. The number of rotatable bonds is 5. The Morgan fingerprint density at radius 1 is 1.41 bits per heavy atom. The molecule has 0 amide bonds. The first-order chi connectivity index (χ1) is 8.33. The highest BCUT2D eigenvalue weighted by atomic mass is 32.1. The second-order valence-corrected chi connectivity index (χ2v) is 5.55. The van der Waals surface area contributed by atoms with Gasteiger partial charge in [0.15, 0.2) is 0 Å². The second-order valence-electron chi connectivity index (χ2n) is 4.80. The first-order valence-electron chi connectivity index (χ1n) is 6.62. The molecule has 4 nitrogen and oxygen atoms in total. The van der Waals surface area contributed by atoms with Gasteiger partial charge >= 0.3 is 0 Å². The molecule has 17 heavy (non-hydrogen) atoms. The van der Waals surface area contributed by atoms with Crippen molar-refractivity contribution >= 4 is 16.7 Å². The van der Waals surface area contributed by atoms with Crippen molar-refractivity contribution in [1.82, 2.24) is 9.36 Å². The molecule has 0 spiro atoms. The van der Waals surface area contributed by atoms with Gasteiger partial charge in [-0.1, -0.05) is 19.8 Å². The molecule has 5 heteroatoms. The number of nitrogens with zero attached hydrogens (tertiary/aromatic N) is 2.